The highest BCUT2D eigenvalue weighted by Gasteiger charge is 2.44. The van der Waals surface area contributed by atoms with E-state index in [0.29, 0.717) is 0 Å². The van der Waals surface area contributed by atoms with E-state index < -0.39 is 60.0 Å². The topological polar surface area (TPSA) is 200 Å². The molecular weight excluding hydrogens is 456 g/mol. The van der Waals surface area contributed by atoms with Crippen LogP contribution in [0.3, 0.4) is 0 Å². The Bertz CT molecular complexity index is 1330. The molecule has 12 heteroatoms. The molecule has 34 heavy (non-hydrogen) atoms. The number of fused-ring (bicyclic) bond motifs is 4. The predicted octanol–water partition coefficient (Wildman–Crippen LogP) is -0.352. The van der Waals surface area contributed by atoms with Crippen LogP contribution >= 0.6 is 0 Å². The number of phenols is 3. The number of hydrogen-bond donors (Lipinski definition) is 7. The van der Waals surface area contributed by atoms with Crippen molar-refractivity contribution in [2.75, 3.05) is 6.61 Å². The minimum absolute atomic E-state index is 0.0541. The van der Waals surface area contributed by atoms with Crippen LogP contribution in [-0.2, 0) is 11.3 Å². The summed E-state index contributed by atoms with van der Waals surface area (Å²) in [6.45, 7) is -0.932. The fourth-order valence-electron chi connectivity index (χ4n) is 4.06. The minimum atomic E-state index is -1.69. The molecule has 2 aliphatic heterocycles. The Kier molecular flexibility index (Phi) is 5.26. The van der Waals surface area contributed by atoms with Crippen molar-refractivity contribution in [1.29, 1.82) is 0 Å². The molecule has 0 saturated carbocycles. The lowest BCUT2D eigenvalue weighted by Gasteiger charge is -2.39. The smallest absolute Gasteiger partial charge is 0.229 e. The van der Waals surface area contributed by atoms with E-state index in [1.54, 1.807) is 0 Å². The van der Waals surface area contributed by atoms with Gasteiger partial charge in [-0.25, -0.2) is 0 Å². The highest BCUT2D eigenvalue weighted by Crippen LogP contribution is 2.47. The molecule has 0 aliphatic carbocycles. The van der Waals surface area contributed by atoms with Gasteiger partial charge in [0.1, 0.15) is 59.3 Å². The summed E-state index contributed by atoms with van der Waals surface area (Å²) in [5.74, 6) is -1.58. The summed E-state index contributed by atoms with van der Waals surface area (Å²) in [6, 6.07) is 4.92. The molecule has 0 bridgehead atoms. The fourth-order valence-corrected chi connectivity index (χ4v) is 4.06. The van der Waals surface area contributed by atoms with Crippen LogP contribution in [0.25, 0.3) is 22.3 Å². The van der Waals surface area contributed by atoms with E-state index in [9.17, 15) is 40.5 Å². The number of rotatable bonds is 3. The number of phenolic OH excluding ortho intramolecular Hbond substituents is 3. The molecule has 1 saturated heterocycles. The minimum Gasteiger partial charge on any atom is -0.507 e. The van der Waals surface area contributed by atoms with Gasteiger partial charge in [0.15, 0.2) is 11.5 Å². The van der Waals surface area contributed by atoms with Crippen LogP contribution < -0.4 is 14.9 Å². The summed E-state index contributed by atoms with van der Waals surface area (Å²) < 4.78 is 22.1. The molecular formula is C22H20O12. The van der Waals surface area contributed by atoms with Gasteiger partial charge in [0, 0.05) is 12.1 Å². The van der Waals surface area contributed by atoms with Gasteiger partial charge in [0.25, 0.3) is 0 Å². The lowest BCUT2D eigenvalue weighted by molar-refractivity contribution is -0.277. The van der Waals surface area contributed by atoms with Crippen LogP contribution in [0.5, 0.6) is 28.7 Å². The Balaban J connectivity index is 1.58. The largest absolute Gasteiger partial charge is 0.507 e. The van der Waals surface area contributed by atoms with Crippen LogP contribution in [0.1, 0.15) is 5.56 Å². The summed E-state index contributed by atoms with van der Waals surface area (Å²) in [6.07, 6.45) is -7.66. The first-order chi connectivity index (χ1) is 16.2. The van der Waals surface area contributed by atoms with Crippen molar-refractivity contribution in [1.82, 2.24) is 0 Å². The molecule has 1 fully saturated rings. The molecule has 0 amide bonds. The predicted molar refractivity (Wildman–Crippen MR) is 112 cm³/mol. The molecule has 2 aromatic carbocycles. The zero-order chi connectivity index (χ0) is 24.3. The Labute approximate surface area is 190 Å². The van der Waals surface area contributed by atoms with Gasteiger partial charge in [-0.15, -0.1) is 0 Å². The normalized spacial score (nSPS) is 25.9. The van der Waals surface area contributed by atoms with Crippen LogP contribution in [0.2, 0.25) is 0 Å². The summed E-state index contributed by atoms with van der Waals surface area (Å²) >= 11 is 0. The van der Waals surface area contributed by atoms with Crippen molar-refractivity contribution in [2.45, 2.75) is 37.3 Å². The Morgan fingerprint density at radius 1 is 1.00 bits per heavy atom. The highest BCUT2D eigenvalue weighted by atomic mass is 16.7. The van der Waals surface area contributed by atoms with Crippen molar-refractivity contribution in [3.63, 3.8) is 0 Å². The summed E-state index contributed by atoms with van der Waals surface area (Å²) in [5, 5.41) is 69.5. The van der Waals surface area contributed by atoms with Crippen molar-refractivity contribution in [2.24, 2.45) is 0 Å². The summed E-state index contributed by atoms with van der Waals surface area (Å²) in [4.78, 5) is 13.1. The maximum absolute atomic E-state index is 13.1. The summed E-state index contributed by atoms with van der Waals surface area (Å²) in [7, 11) is 0. The average molecular weight is 476 g/mol. The molecule has 0 spiro atoms. The number of aromatic hydroxyl groups is 3. The van der Waals surface area contributed by atoms with Crippen molar-refractivity contribution in [3.05, 3.63) is 40.1 Å². The second-order valence-electron chi connectivity index (χ2n) is 7.97. The number of aliphatic hydroxyl groups is 4. The van der Waals surface area contributed by atoms with Gasteiger partial charge in [-0.3, -0.25) is 4.79 Å². The molecule has 12 nitrogen and oxygen atoms in total. The lowest BCUT2D eigenvalue weighted by atomic mass is 9.99. The van der Waals surface area contributed by atoms with Gasteiger partial charge >= 0.3 is 0 Å². The third-order valence-corrected chi connectivity index (χ3v) is 5.86. The quantitative estimate of drug-likeness (QED) is 0.243. The van der Waals surface area contributed by atoms with Crippen molar-refractivity contribution >= 4 is 11.0 Å². The first kappa shape index (κ1) is 22.3. The molecule has 1 aromatic heterocycles. The van der Waals surface area contributed by atoms with Crippen molar-refractivity contribution < 1.29 is 54.4 Å². The molecule has 3 heterocycles. The first-order valence-electron chi connectivity index (χ1n) is 10.2. The SMILES string of the molecule is O=c1c2c(oc3cc(O[C@@H]4O[C@H](CO)[C@@H](O)[C@H](O)[C@H]4O)cc(O)c13)-c1ccc(O)c(O)c1OC2. The third kappa shape index (κ3) is 3.31. The van der Waals surface area contributed by atoms with Gasteiger partial charge in [-0.2, -0.15) is 0 Å². The lowest BCUT2D eigenvalue weighted by Crippen LogP contribution is -2.60. The number of hydrogen-bond acceptors (Lipinski definition) is 12. The Morgan fingerprint density at radius 3 is 2.50 bits per heavy atom. The van der Waals surface area contributed by atoms with Gasteiger partial charge in [0.05, 0.1) is 17.7 Å². The zero-order valence-corrected chi connectivity index (χ0v) is 17.3. The monoisotopic (exact) mass is 476 g/mol. The van der Waals surface area contributed by atoms with Crippen LogP contribution in [0, 0.1) is 0 Å². The molecule has 5 atom stereocenters. The van der Waals surface area contributed by atoms with Gasteiger partial charge < -0.3 is 54.4 Å². The molecule has 0 unspecified atom stereocenters. The van der Waals surface area contributed by atoms with E-state index >= 15 is 0 Å². The molecule has 7 N–H and O–H groups in total. The Morgan fingerprint density at radius 2 is 1.76 bits per heavy atom. The maximum atomic E-state index is 13.1. The second-order valence-corrected chi connectivity index (χ2v) is 7.97. The van der Waals surface area contributed by atoms with Crippen LogP contribution in [-0.4, -0.2) is 73.1 Å². The van der Waals surface area contributed by atoms with Crippen molar-refractivity contribution in [3.8, 4) is 40.1 Å². The standard InChI is InChI=1S/C22H20O12/c23-5-13-17(28)18(29)19(30)22(34-13)32-7-3-11(25)14-12(4-7)33-20-8-1-2-10(24)16(27)21(8)31-6-9(20)15(14)26/h1-4,13,17-19,22-25,27-30H,5-6H2/t13-,17-,18+,19-,22-/m1/s1. The van der Waals surface area contributed by atoms with Crippen LogP contribution in [0.4, 0.5) is 0 Å². The molecule has 0 radical (unpaired) electrons. The molecule has 2 aliphatic rings. The van der Waals surface area contributed by atoms with E-state index in [1.807, 2.05) is 0 Å². The maximum Gasteiger partial charge on any atom is 0.229 e. The highest BCUT2D eigenvalue weighted by molar-refractivity contribution is 5.88. The Hall–Kier alpha value is -3.55. The molecule has 3 aromatic rings. The summed E-state index contributed by atoms with van der Waals surface area (Å²) in [5.41, 5.74) is -0.409. The van der Waals surface area contributed by atoms with E-state index in [2.05, 4.69) is 0 Å². The number of benzene rings is 2. The second kappa shape index (κ2) is 8.04. The number of ether oxygens (including phenoxy) is 3. The van der Waals surface area contributed by atoms with E-state index in [1.165, 1.54) is 18.2 Å². The van der Waals surface area contributed by atoms with Crippen LogP contribution in [0.15, 0.2) is 33.5 Å². The zero-order valence-electron chi connectivity index (χ0n) is 17.3. The van der Waals surface area contributed by atoms with Gasteiger partial charge in [-0.1, -0.05) is 0 Å². The van der Waals surface area contributed by atoms with E-state index in [0.717, 1.165) is 6.07 Å². The first-order valence-corrected chi connectivity index (χ1v) is 10.2. The van der Waals surface area contributed by atoms with Gasteiger partial charge in [-0.05, 0) is 12.1 Å². The molecule has 180 valence electrons. The van der Waals surface area contributed by atoms with E-state index in [4.69, 9.17) is 18.6 Å². The third-order valence-electron chi connectivity index (χ3n) is 5.86. The van der Waals surface area contributed by atoms with Gasteiger partial charge in [0.2, 0.25) is 17.5 Å². The fraction of sp³-hybridized carbons (Fsp3) is 0.318. The number of aliphatic hydroxyl groups excluding tert-OH is 4. The van der Waals surface area contributed by atoms with E-state index in [-0.39, 0.29) is 46.0 Å². The molecule has 5 rings (SSSR count). The average Bonchev–Trinajstić information content (AvgIpc) is 2.81.